The van der Waals surface area contributed by atoms with Gasteiger partial charge in [-0.3, -0.25) is 14.2 Å². The van der Waals surface area contributed by atoms with Gasteiger partial charge in [-0.25, -0.2) is 9.67 Å². The highest BCUT2D eigenvalue weighted by Crippen LogP contribution is 2.16. The largest absolute Gasteiger partial charge is 0.497 e. The molecule has 2 aromatic heterocycles. The van der Waals surface area contributed by atoms with E-state index in [1.54, 1.807) is 36.1 Å². The summed E-state index contributed by atoms with van der Waals surface area (Å²) in [5.41, 5.74) is 1.67. The summed E-state index contributed by atoms with van der Waals surface area (Å²) in [5, 5.41) is 10.7. The first-order valence-electron chi connectivity index (χ1n) is 8.90. The molecule has 9 nitrogen and oxygen atoms in total. The van der Waals surface area contributed by atoms with Crippen molar-refractivity contribution in [1.82, 2.24) is 24.5 Å². The second-order valence-corrected chi connectivity index (χ2v) is 6.36. The lowest BCUT2D eigenvalue weighted by atomic mass is 10.2. The molecule has 0 bridgehead atoms. The van der Waals surface area contributed by atoms with Crippen molar-refractivity contribution in [2.24, 2.45) is 0 Å². The molecule has 0 fully saturated rings. The molecule has 0 saturated heterocycles. The number of aromatic nitrogens is 5. The first-order chi connectivity index (χ1) is 14.1. The van der Waals surface area contributed by atoms with Crippen molar-refractivity contribution in [1.29, 1.82) is 0 Å². The summed E-state index contributed by atoms with van der Waals surface area (Å²) >= 11 is 0. The molecule has 1 N–H and O–H groups in total. The fourth-order valence-corrected chi connectivity index (χ4v) is 2.92. The number of nitrogens with one attached hydrogen (secondary N) is 1. The van der Waals surface area contributed by atoms with E-state index in [1.165, 1.54) is 10.9 Å². The summed E-state index contributed by atoms with van der Waals surface area (Å²) in [5.74, 6) is 0.260. The Balaban J connectivity index is 1.53. The molecule has 1 amide bonds. The Morgan fingerprint density at radius 2 is 1.97 bits per heavy atom. The minimum Gasteiger partial charge on any atom is -0.497 e. The van der Waals surface area contributed by atoms with Crippen LogP contribution in [0.3, 0.4) is 0 Å². The Bertz CT molecular complexity index is 1220. The van der Waals surface area contributed by atoms with E-state index in [4.69, 9.17) is 4.74 Å². The molecule has 2 heterocycles. The normalized spacial score (nSPS) is 10.8. The van der Waals surface area contributed by atoms with Crippen LogP contribution in [0, 0.1) is 0 Å². The second kappa shape index (κ2) is 7.93. The maximum absolute atomic E-state index is 12.7. The van der Waals surface area contributed by atoms with Gasteiger partial charge in [-0.2, -0.15) is 0 Å². The van der Waals surface area contributed by atoms with Crippen LogP contribution in [-0.2, 0) is 17.9 Å². The third-order valence-electron chi connectivity index (χ3n) is 4.33. The molecular weight excluding hydrogens is 372 g/mol. The molecule has 29 heavy (non-hydrogen) atoms. The van der Waals surface area contributed by atoms with Crippen LogP contribution in [0.4, 0.5) is 5.69 Å². The number of fused-ring (bicyclic) bond motifs is 1. The summed E-state index contributed by atoms with van der Waals surface area (Å²) < 4.78 is 7.90. The molecule has 0 unspecified atom stereocenters. The fraction of sp³-hybridized carbons (Fsp3) is 0.150. The average molecular weight is 390 g/mol. The number of carbonyl (C=O) groups excluding carboxylic acids is 1. The molecule has 0 spiro atoms. The van der Waals surface area contributed by atoms with Gasteiger partial charge in [0.15, 0.2) is 11.2 Å². The lowest BCUT2D eigenvalue weighted by Crippen LogP contribution is -2.28. The number of nitrogens with zero attached hydrogens (tertiary/aromatic N) is 5. The molecule has 2 aromatic carbocycles. The van der Waals surface area contributed by atoms with Crippen molar-refractivity contribution in [3.8, 4) is 5.75 Å². The van der Waals surface area contributed by atoms with Gasteiger partial charge in [0, 0.05) is 11.8 Å². The molecule has 0 radical (unpaired) electrons. The van der Waals surface area contributed by atoms with E-state index in [9.17, 15) is 9.59 Å². The van der Waals surface area contributed by atoms with Gasteiger partial charge >= 0.3 is 0 Å². The highest BCUT2D eigenvalue weighted by Gasteiger charge is 2.14. The third kappa shape index (κ3) is 3.98. The summed E-state index contributed by atoms with van der Waals surface area (Å²) in [7, 11) is 1.55. The van der Waals surface area contributed by atoms with Crippen LogP contribution in [-0.4, -0.2) is 37.6 Å². The standard InChI is InChI=1S/C20H18N6O3/c1-29-16-9-5-8-15(10-16)22-17(27)12-25-13-21-19-18(20(25)28)23-24-26(19)11-14-6-3-2-4-7-14/h2-10,13H,11-12H2,1H3,(H,22,27). The van der Waals surface area contributed by atoms with E-state index in [2.05, 4.69) is 20.6 Å². The molecule has 9 heteroatoms. The van der Waals surface area contributed by atoms with E-state index in [-0.39, 0.29) is 18.0 Å². The second-order valence-electron chi connectivity index (χ2n) is 6.36. The predicted octanol–water partition coefficient (Wildman–Crippen LogP) is 1.68. The SMILES string of the molecule is COc1cccc(NC(=O)Cn2cnc3c(nnn3Cc3ccccc3)c2=O)c1. The van der Waals surface area contributed by atoms with Crippen LogP contribution in [0.5, 0.6) is 5.75 Å². The fourth-order valence-electron chi connectivity index (χ4n) is 2.92. The van der Waals surface area contributed by atoms with Gasteiger partial charge in [0.25, 0.3) is 5.56 Å². The monoisotopic (exact) mass is 390 g/mol. The predicted molar refractivity (Wildman–Crippen MR) is 107 cm³/mol. The van der Waals surface area contributed by atoms with E-state index < -0.39 is 5.56 Å². The number of carbonyl (C=O) groups is 1. The number of rotatable bonds is 6. The molecule has 0 aliphatic carbocycles. The van der Waals surface area contributed by atoms with Gasteiger partial charge in [-0.05, 0) is 17.7 Å². The van der Waals surface area contributed by atoms with Crippen LogP contribution in [0.25, 0.3) is 11.2 Å². The summed E-state index contributed by atoms with van der Waals surface area (Å²) in [6.07, 6.45) is 1.33. The number of ether oxygens (including phenoxy) is 1. The van der Waals surface area contributed by atoms with Gasteiger partial charge in [-0.1, -0.05) is 41.6 Å². The molecule has 0 aliphatic heterocycles. The lowest BCUT2D eigenvalue weighted by molar-refractivity contribution is -0.116. The molecule has 0 aliphatic rings. The van der Waals surface area contributed by atoms with E-state index in [1.807, 2.05) is 30.3 Å². The Morgan fingerprint density at radius 3 is 2.76 bits per heavy atom. The topological polar surface area (TPSA) is 104 Å². The lowest BCUT2D eigenvalue weighted by Gasteiger charge is -2.08. The molecule has 146 valence electrons. The minimum atomic E-state index is -0.421. The summed E-state index contributed by atoms with van der Waals surface area (Å²) in [4.78, 5) is 29.3. The van der Waals surface area contributed by atoms with Crippen molar-refractivity contribution in [3.05, 3.63) is 76.8 Å². The highest BCUT2D eigenvalue weighted by atomic mass is 16.5. The van der Waals surface area contributed by atoms with Crippen LogP contribution >= 0.6 is 0 Å². The van der Waals surface area contributed by atoms with Crippen molar-refractivity contribution < 1.29 is 9.53 Å². The number of hydrogen-bond donors (Lipinski definition) is 1. The van der Waals surface area contributed by atoms with Crippen molar-refractivity contribution in [2.75, 3.05) is 12.4 Å². The van der Waals surface area contributed by atoms with Crippen LogP contribution in [0.1, 0.15) is 5.56 Å². The van der Waals surface area contributed by atoms with Gasteiger partial charge < -0.3 is 10.1 Å². The molecule has 0 atom stereocenters. The number of methoxy groups -OCH3 is 1. The average Bonchev–Trinajstić information content (AvgIpc) is 3.14. The van der Waals surface area contributed by atoms with Gasteiger partial charge in [0.1, 0.15) is 18.6 Å². The summed E-state index contributed by atoms with van der Waals surface area (Å²) in [6.45, 7) is 0.259. The van der Waals surface area contributed by atoms with Gasteiger partial charge in [0.2, 0.25) is 5.91 Å². The Kier molecular flexibility index (Phi) is 5.02. The zero-order valence-electron chi connectivity index (χ0n) is 15.6. The number of anilines is 1. The Morgan fingerprint density at radius 1 is 1.14 bits per heavy atom. The summed E-state index contributed by atoms with van der Waals surface area (Å²) in [6, 6.07) is 16.7. The quantitative estimate of drug-likeness (QED) is 0.537. The maximum atomic E-state index is 12.7. The van der Waals surface area contributed by atoms with Crippen molar-refractivity contribution in [2.45, 2.75) is 13.1 Å². The first kappa shape index (κ1) is 18.4. The first-order valence-corrected chi connectivity index (χ1v) is 8.90. The molecule has 4 aromatic rings. The van der Waals surface area contributed by atoms with Crippen LogP contribution in [0.2, 0.25) is 0 Å². The van der Waals surface area contributed by atoms with Crippen LogP contribution in [0.15, 0.2) is 65.7 Å². The van der Waals surface area contributed by atoms with Gasteiger partial charge in [0.05, 0.1) is 13.7 Å². The van der Waals surface area contributed by atoms with Gasteiger partial charge in [-0.15, -0.1) is 5.10 Å². The van der Waals surface area contributed by atoms with E-state index in [0.717, 1.165) is 5.56 Å². The zero-order chi connectivity index (χ0) is 20.2. The maximum Gasteiger partial charge on any atom is 0.283 e. The third-order valence-corrected chi connectivity index (χ3v) is 4.33. The molecule has 0 saturated carbocycles. The minimum absolute atomic E-state index is 0.123. The Hall–Kier alpha value is -4.01. The number of amides is 1. The molecule has 4 rings (SSSR count). The van der Waals surface area contributed by atoms with Crippen LogP contribution < -0.4 is 15.6 Å². The van der Waals surface area contributed by atoms with Crippen molar-refractivity contribution >= 4 is 22.8 Å². The highest BCUT2D eigenvalue weighted by molar-refractivity contribution is 5.90. The van der Waals surface area contributed by atoms with E-state index in [0.29, 0.717) is 23.6 Å². The Labute approximate surface area is 165 Å². The van der Waals surface area contributed by atoms with Crippen molar-refractivity contribution in [3.63, 3.8) is 0 Å². The number of benzene rings is 2. The molecular formula is C20H18N6O3. The number of hydrogen-bond acceptors (Lipinski definition) is 6. The smallest absolute Gasteiger partial charge is 0.283 e. The van der Waals surface area contributed by atoms with E-state index >= 15 is 0 Å². The zero-order valence-corrected chi connectivity index (χ0v) is 15.6.